The number of ether oxygens (including phenoxy) is 2. The molecule has 0 unspecified atom stereocenters. The summed E-state index contributed by atoms with van der Waals surface area (Å²) in [5.74, 6) is 1.03. The van der Waals surface area contributed by atoms with Gasteiger partial charge in [-0.2, -0.15) is 0 Å². The molecule has 0 bridgehead atoms. The van der Waals surface area contributed by atoms with Crippen LogP contribution in [-0.4, -0.2) is 23.7 Å². The third-order valence-electron chi connectivity index (χ3n) is 2.83. The van der Waals surface area contributed by atoms with E-state index in [0.29, 0.717) is 5.75 Å². The fourth-order valence-corrected chi connectivity index (χ4v) is 2.14. The van der Waals surface area contributed by atoms with Crippen LogP contribution < -0.4 is 20.1 Å². The van der Waals surface area contributed by atoms with Gasteiger partial charge >= 0.3 is 0 Å². The topological polar surface area (TPSA) is 59.6 Å². The first-order valence-corrected chi connectivity index (χ1v) is 7.99. The summed E-state index contributed by atoms with van der Waals surface area (Å²) in [7, 11) is 0. The molecule has 0 radical (unpaired) electrons. The highest BCUT2D eigenvalue weighted by Crippen LogP contribution is 2.18. The Kier molecular flexibility index (Phi) is 6.57. The molecule has 0 aromatic heterocycles. The van der Waals surface area contributed by atoms with Gasteiger partial charge in [0.2, 0.25) is 0 Å². The molecule has 0 aliphatic rings. The molecule has 0 spiro atoms. The van der Waals surface area contributed by atoms with Crippen LogP contribution in [0.15, 0.2) is 54.6 Å². The smallest absolute Gasteiger partial charge is 0.264 e. The van der Waals surface area contributed by atoms with Crippen molar-refractivity contribution >= 4 is 28.9 Å². The molecule has 2 aromatic rings. The summed E-state index contributed by atoms with van der Waals surface area (Å²) in [5.41, 5.74) is 0.738. The van der Waals surface area contributed by atoms with Gasteiger partial charge in [-0.3, -0.25) is 10.1 Å². The minimum absolute atomic E-state index is 0.0852. The number of benzene rings is 2. The fourth-order valence-electron chi connectivity index (χ4n) is 1.91. The molecule has 2 rings (SSSR count). The molecule has 126 valence electrons. The highest BCUT2D eigenvalue weighted by Gasteiger charge is 2.07. The lowest BCUT2D eigenvalue weighted by molar-refractivity contribution is -0.121. The summed E-state index contributed by atoms with van der Waals surface area (Å²) in [6.07, 6.45) is 0.0852. The molecule has 0 heterocycles. The molecular formula is C18H20N2O3S. The molecule has 0 aliphatic heterocycles. The van der Waals surface area contributed by atoms with E-state index in [2.05, 4.69) is 10.6 Å². The van der Waals surface area contributed by atoms with Gasteiger partial charge in [0.1, 0.15) is 11.5 Å². The van der Waals surface area contributed by atoms with E-state index >= 15 is 0 Å². The van der Waals surface area contributed by atoms with Gasteiger partial charge in [0.25, 0.3) is 5.91 Å². The van der Waals surface area contributed by atoms with Gasteiger partial charge in [-0.05, 0) is 50.3 Å². The van der Waals surface area contributed by atoms with Gasteiger partial charge in [-0.15, -0.1) is 0 Å². The van der Waals surface area contributed by atoms with Crippen LogP contribution in [0.1, 0.15) is 13.8 Å². The van der Waals surface area contributed by atoms with Crippen molar-refractivity contribution in [2.75, 3.05) is 11.9 Å². The molecular weight excluding hydrogens is 324 g/mol. The highest BCUT2D eigenvalue weighted by molar-refractivity contribution is 7.80. The van der Waals surface area contributed by atoms with Crippen LogP contribution >= 0.6 is 12.2 Å². The number of hydrogen-bond acceptors (Lipinski definition) is 4. The lowest BCUT2D eigenvalue weighted by Crippen LogP contribution is -2.37. The number of para-hydroxylation sites is 1. The Morgan fingerprint density at radius 2 is 1.79 bits per heavy atom. The molecule has 0 saturated carbocycles. The molecule has 0 atom stereocenters. The lowest BCUT2D eigenvalue weighted by atomic mass is 10.3. The summed E-state index contributed by atoms with van der Waals surface area (Å²) in [5, 5.41) is 5.73. The molecule has 5 nitrogen and oxygen atoms in total. The predicted molar refractivity (Wildman–Crippen MR) is 98.5 cm³/mol. The van der Waals surface area contributed by atoms with E-state index < -0.39 is 0 Å². The Hall–Kier alpha value is -2.60. The molecule has 2 N–H and O–H groups in total. The van der Waals surface area contributed by atoms with Crippen molar-refractivity contribution in [3.63, 3.8) is 0 Å². The molecule has 0 aliphatic carbocycles. The Bertz CT molecular complexity index is 690. The number of carbonyl (C=O) groups excluding carboxylic acids is 1. The summed E-state index contributed by atoms with van der Waals surface area (Å²) in [4.78, 5) is 11.8. The Morgan fingerprint density at radius 3 is 2.50 bits per heavy atom. The van der Waals surface area contributed by atoms with E-state index in [0.717, 1.165) is 11.4 Å². The van der Waals surface area contributed by atoms with Crippen LogP contribution in [0.2, 0.25) is 0 Å². The number of anilines is 1. The van der Waals surface area contributed by atoms with Crippen LogP contribution in [0.5, 0.6) is 11.5 Å². The van der Waals surface area contributed by atoms with E-state index in [1.165, 1.54) is 0 Å². The van der Waals surface area contributed by atoms with Crippen molar-refractivity contribution in [1.82, 2.24) is 5.32 Å². The van der Waals surface area contributed by atoms with Gasteiger partial charge in [0.05, 0.1) is 6.10 Å². The first-order valence-electron chi connectivity index (χ1n) is 7.58. The molecule has 2 aromatic carbocycles. The number of nitrogens with one attached hydrogen (secondary N) is 2. The minimum Gasteiger partial charge on any atom is -0.491 e. The van der Waals surface area contributed by atoms with Gasteiger partial charge in [0, 0.05) is 11.8 Å². The van der Waals surface area contributed by atoms with Crippen molar-refractivity contribution in [1.29, 1.82) is 0 Å². The van der Waals surface area contributed by atoms with E-state index in [1.807, 2.05) is 56.3 Å². The van der Waals surface area contributed by atoms with Gasteiger partial charge < -0.3 is 14.8 Å². The molecule has 6 heteroatoms. The second-order valence-electron chi connectivity index (χ2n) is 5.30. The van der Waals surface area contributed by atoms with Crippen LogP contribution in [0.25, 0.3) is 0 Å². The Morgan fingerprint density at radius 1 is 1.08 bits per heavy atom. The quantitative estimate of drug-likeness (QED) is 0.787. The van der Waals surface area contributed by atoms with E-state index in [4.69, 9.17) is 21.7 Å². The van der Waals surface area contributed by atoms with Crippen molar-refractivity contribution in [2.24, 2.45) is 0 Å². The maximum atomic E-state index is 11.8. The SMILES string of the molecule is CC(C)Oc1cccc(NC(=S)NC(=O)COc2ccccc2)c1. The number of hydrogen-bond donors (Lipinski definition) is 2. The van der Waals surface area contributed by atoms with Gasteiger partial charge in [0.15, 0.2) is 11.7 Å². The van der Waals surface area contributed by atoms with Gasteiger partial charge in [-0.25, -0.2) is 0 Å². The molecule has 24 heavy (non-hydrogen) atoms. The average molecular weight is 344 g/mol. The van der Waals surface area contributed by atoms with Crippen molar-refractivity contribution in [3.8, 4) is 11.5 Å². The Labute approximate surface area is 147 Å². The second kappa shape index (κ2) is 8.88. The van der Waals surface area contributed by atoms with Crippen LogP contribution in [0.4, 0.5) is 5.69 Å². The zero-order chi connectivity index (χ0) is 17.4. The normalized spacial score (nSPS) is 10.1. The summed E-state index contributed by atoms with van der Waals surface area (Å²) < 4.78 is 11.0. The lowest BCUT2D eigenvalue weighted by Gasteiger charge is -2.13. The van der Waals surface area contributed by atoms with Crippen LogP contribution in [0.3, 0.4) is 0 Å². The maximum absolute atomic E-state index is 11.8. The predicted octanol–water partition coefficient (Wildman–Crippen LogP) is 3.37. The van der Waals surface area contributed by atoms with E-state index in [1.54, 1.807) is 12.1 Å². The monoisotopic (exact) mass is 344 g/mol. The standard InChI is InChI=1S/C18H20N2O3S/c1-13(2)23-16-10-6-7-14(11-16)19-18(24)20-17(21)12-22-15-8-4-3-5-9-15/h3-11,13H,12H2,1-2H3,(H2,19,20,21,24). The number of carbonyl (C=O) groups is 1. The first kappa shape index (κ1) is 17.7. The maximum Gasteiger partial charge on any atom is 0.264 e. The molecule has 0 fully saturated rings. The Balaban J connectivity index is 1.81. The summed E-state index contributed by atoms with van der Waals surface area (Å²) in [6.45, 7) is 3.80. The molecule has 1 amide bonds. The zero-order valence-corrected chi connectivity index (χ0v) is 14.4. The first-order chi connectivity index (χ1) is 11.5. The summed E-state index contributed by atoms with van der Waals surface area (Å²) >= 11 is 5.13. The number of thiocarbonyl (C=S) groups is 1. The largest absolute Gasteiger partial charge is 0.491 e. The average Bonchev–Trinajstić information content (AvgIpc) is 2.53. The minimum atomic E-state index is -0.328. The van der Waals surface area contributed by atoms with E-state index in [9.17, 15) is 4.79 Å². The second-order valence-corrected chi connectivity index (χ2v) is 5.71. The third-order valence-corrected chi connectivity index (χ3v) is 3.03. The van der Waals surface area contributed by atoms with Crippen LogP contribution in [-0.2, 0) is 4.79 Å². The third kappa shape index (κ3) is 6.26. The molecule has 0 saturated heterocycles. The zero-order valence-electron chi connectivity index (χ0n) is 13.6. The van der Waals surface area contributed by atoms with Crippen molar-refractivity contribution < 1.29 is 14.3 Å². The summed E-state index contributed by atoms with van der Waals surface area (Å²) in [6, 6.07) is 16.5. The van der Waals surface area contributed by atoms with Crippen molar-refractivity contribution in [3.05, 3.63) is 54.6 Å². The fraction of sp³-hybridized carbons (Fsp3) is 0.222. The van der Waals surface area contributed by atoms with Crippen molar-refractivity contribution in [2.45, 2.75) is 20.0 Å². The van der Waals surface area contributed by atoms with Crippen LogP contribution in [0, 0.1) is 0 Å². The number of amides is 1. The number of rotatable bonds is 6. The highest BCUT2D eigenvalue weighted by atomic mass is 32.1. The van der Waals surface area contributed by atoms with E-state index in [-0.39, 0.29) is 23.7 Å². The van der Waals surface area contributed by atoms with Gasteiger partial charge in [-0.1, -0.05) is 24.3 Å².